The number of aryl methyl sites for hydroxylation is 1. The minimum atomic E-state index is -0.0156. The third-order valence-electron chi connectivity index (χ3n) is 2.11. The van der Waals surface area contributed by atoms with E-state index in [9.17, 15) is 0 Å². The minimum absolute atomic E-state index is 0.0156. The highest BCUT2D eigenvalue weighted by atomic mass is 35.5. The summed E-state index contributed by atoms with van der Waals surface area (Å²) in [5.74, 6) is 0.879. The maximum Gasteiger partial charge on any atom is 0.124 e. The molecule has 1 aromatic carbocycles. The van der Waals surface area contributed by atoms with Crippen LogP contribution in [0.15, 0.2) is 12.1 Å². The molecular weight excluding hydrogens is 174 g/mol. The Morgan fingerprint density at radius 2 is 2.33 bits per heavy atom. The molecule has 2 nitrogen and oxygen atoms in total. The van der Waals surface area contributed by atoms with Gasteiger partial charge in [0.1, 0.15) is 12.4 Å². The molecule has 1 aliphatic rings. The highest BCUT2D eigenvalue weighted by Crippen LogP contribution is 2.34. The number of ether oxygens (including phenoxy) is 1. The minimum Gasteiger partial charge on any atom is -0.491 e. The number of fused-ring (bicyclic) bond motifs is 1. The molecule has 2 N–H and O–H groups in total. The second-order valence-corrected chi connectivity index (χ2v) is 3.46. The molecule has 1 aliphatic heterocycles. The quantitative estimate of drug-likeness (QED) is 0.668. The number of nitrogens with two attached hydrogens (primary N) is 1. The van der Waals surface area contributed by atoms with E-state index in [0.717, 1.165) is 21.9 Å². The molecule has 0 spiro atoms. The van der Waals surface area contributed by atoms with E-state index < -0.39 is 0 Å². The van der Waals surface area contributed by atoms with Gasteiger partial charge in [-0.25, -0.2) is 0 Å². The monoisotopic (exact) mass is 183 g/mol. The van der Waals surface area contributed by atoms with E-state index in [0.29, 0.717) is 6.61 Å². The Bertz CT molecular complexity index is 325. The number of hydrogen-bond acceptors (Lipinski definition) is 2. The van der Waals surface area contributed by atoms with Gasteiger partial charge in [-0.1, -0.05) is 11.6 Å². The highest BCUT2D eigenvalue weighted by Gasteiger charge is 2.21. The zero-order valence-electron chi connectivity index (χ0n) is 6.80. The molecule has 0 bridgehead atoms. The summed E-state index contributed by atoms with van der Waals surface area (Å²) >= 11 is 5.95. The lowest BCUT2D eigenvalue weighted by atomic mass is 10.1. The first-order valence-electron chi connectivity index (χ1n) is 3.87. The average Bonchev–Trinajstić information content (AvgIpc) is 2.35. The molecule has 12 heavy (non-hydrogen) atoms. The molecule has 1 heterocycles. The molecule has 0 saturated carbocycles. The van der Waals surface area contributed by atoms with E-state index >= 15 is 0 Å². The van der Waals surface area contributed by atoms with E-state index in [1.165, 1.54) is 0 Å². The molecule has 0 fully saturated rings. The summed E-state index contributed by atoms with van der Waals surface area (Å²) < 4.78 is 5.36. The Labute approximate surface area is 76.3 Å². The Balaban J connectivity index is 2.56. The topological polar surface area (TPSA) is 35.2 Å². The lowest BCUT2D eigenvalue weighted by molar-refractivity contribution is 0.333. The van der Waals surface area contributed by atoms with Gasteiger partial charge in [0, 0.05) is 10.6 Å². The first kappa shape index (κ1) is 7.90. The predicted octanol–water partition coefficient (Wildman–Crippen LogP) is 2.04. The number of benzene rings is 1. The van der Waals surface area contributed by atoms with E-state index in [4.69, 9.17) is 22.1 Å². The van der Waals surface area contributed by atoms with Crippen LogP contribution in [-0.2, 0) is 0 Å². The van der Waals surface area contributed by atoms with Crippen LogP contribution in [0.25, 0.3) is 0 Å². The summed E-state index contributed by atoms with van der Waals surface area (Å²) in [6.07, 6.45) is 0. The van der Waals surface area contributed by atoms with Crippen molar-refractivity contribution in [2.45, 2.75) is 13.0 Å². The molecular formula is C9H10ClNO. The molecule has 0 aliphatic carbocycles. The molecule has 0 unspecified atom stereocenters. The van der Waals surface area contributed by atoms with Crippen molar-refractivity contribution in [3.05, 3.63) is 28.3 Å². The van der Waals surface area contributed by atoms with Gasteiger partial charge in [-0.05, 0) is 24.6 Å². The van der Waals surface area contributed by atoms with Crippen molar-refractivity contribution in [3.8, 4) is 5.75 Å². The number of hydrogen-bond donors (Lipinski definition) is 1. The summed E-state index contributed by atoms with van der Waals surface area (Å²) in [5.41, 5.74) is 7.83. The fourth-order valence-electron chi connectivity index (χ4n) is 1.35. The van der Waals surface area contributed by atoms with Crippen LogP contribution in [0.3, 0.4) is 0 Å². The van der Waals surface area contributed by atoms with Gasteiger partial charge in [-0.3, -0.25) is 0 Å². The van der Waals surface area contributed by atoms with E-state index in [-0.39, 0.29) is 6.04 Å². The highest BCUT2D eigenvalue weighted by molar-refractivity contribution is 6.31. The summed E-state index contributed by atoms with van der Waals surface area (Å²) in [4.78, 5) is 0. The normalized spacial score (nSPS) is 20.4. The molecule has 3 heteroatoms. The Morgan fingerprint density at radius 1 is 1.58 bits per heavy atom. The molecule has 0 aromatic heterocycles. The van der Waals surface area contributed by atoms with Crippen molar-refractivity contribution in [3.63, 3.8) is 0 Å². The second-order valence-electron chi connectivity index (χ2n) is 3.06. The van der Waals surface area contributed by atoms with Gasteiger partial charge in [-0.2, -0.15) is 0 Å². The van der Waals surface area contributed by atoms with Gasteiger partial charge in [0.2, 0.25) is 0 Å². The van der Waals surface area contributed by atoms with Gasteiger partial charge in [-0.15, -0.1) is 0 Å². The van der Waals surface area contributed by atoms with Crippen molar-refractivity contribution < 1.29 is 4.74 Å². The van der Waals surface area contributed by atoms with Crippen LogP contribution in [0.1, 0.15) is 17.2 Å². The summed E-state index contributed by atoms with van der Waals surface area (Å²) in [5, 5.41) is 0.759. The molecule has 64 valence electrons. The van der Waals surface area contributed by atoms with Crippen molar-refractivity contribution in [2.75, 3.05) is 6.61 Å². The van der Waals surface area contributed by atoms with Crippen LogP contribution in [0.4, 0.5) is 0 Å². The van der Waals surface area contributed by atoms with Crippen LogP contribution in [0.5, 0.6) is 5.75 Å². The second kappa shape index (κ2) is 2.64. The van der Waals surface area contributed by atoms with Crippen molar-refractivity contribution in [1.29, 1.82) is 0 Å². The molecule has 0 amide bonds. The molecule has 0 radical (unpaired) electrons. The van der Waals surface area contributed by atoms with Crippen LogP contribution in [0, 0.1) is 6.92 Å². The van der Waals surface area contributed by atoms with Crippen molar-refractivity contribution in [1.82, 2.24) is 0 Å². The molecule has 1 aromatic rings. The van der Waals surface area contributed by atoms with Crippen molar-refractivity contribution in [2.24, 2.45) is 5.73 Å². The maximum atomic E-state index is 5.95. The Kier molecular flexibility index (Phi) is 1.74. The lowest BCUT2D eigenvalue weighted by Crippen LogP contribution is -2.10. The standard InChI is InChI=1S/C9H10ClNO/c1-5-2-9-6(3-7(5)10)8(11)4-12-9/h2-3,8H,4,11H2,1H3/t8-/m1/s1. The maximum absolute atomic E-state index is 5.95. The fraction of sp³-hybridized carbons (Fsp3) is 0.333. The zero-order chi connectivity index (χ0) is 8.72. The van der Waals surface area contributed by atoms with E-state index in [2.05, 4.69) is 0 Å². The van der Waals surface area contributed by atoms with Gasteiger partial charge in [0.15, 0.2) is 0 Å². The third-order valence-corrected chi connectivity index (χ3v) is 2.52. The first-order valence-corrected chi connectivity index (χ1v) is 4.24. The number of halogens is 1. The zero-order valence-corrected chi connectivity index (χ0v) is 7.56. The number of rotatable bonds is 0. The van der Waals surface area contributed by atoms with Crippen LogP contribution < -0.4 is 10.5 Å². The Morgan fingerprint density at radius 3 is 3.08 bits per heavy atom. The van der Waals surface area contributed by atoms with Gasteiger partial charge in [0.25, 0.3) is 0 Å². The lowest BCUT2D eigenvalue weighted by Gasteiger charge is -2.03. The van der Waals surface area contributed by atoms with Gasteiger partial charge >= 0.3 is 0 Å². The van der Waals surface area contributed by atoms with E-state index in [1.54, 1.807) is 0 Å². The SMILES string of the molecule is Cc1cc2c(cc1Cl)[C@H](N)CO2. The van der Waals surface area contributed by atoms with Crippen LogP contribution in [-0.4, -0.2) is 6.61 Å². The van der Waals surface area contributed by atoms with Gasteiger partial charge in [0.05, 0.1) is 6.04 Å². The molecule has 1 atom stereocenters. The third kappa shape index (κ3) is 1.08. The van der Waals surface area contributed by atoms with Crippen molar-refractivity contribution >= 4 is 11.6 Å². The van der Waals surface area contributed by atoms with Gasteiger partial charge < -0.3 is 10.5 Å². The predicted molar refractivity (Wildman–Crippen MR) is 48.6 cm³/mol. The molecule has 0 saturated heterocycles. The average molecular weight is 184 g/mol. The van der Waals surface area contributed by atoms with Crippen LogP contribution >= 0.6 is 11.6 Å². The fourth-order valence-corrected chi connectivity index (χ4v) is 1.53. The summed E-state index contributed by atoms with van der Waals surface area (Å²) in [7, 11) is 0. The smallest absolute Gasteiger partial charge is 0.124 e. The Hall–Kier alpha value is -0.730. The summed E-state index contributed by atoms with van der Waals surface area (Å²) in [6.45, 7) is 2.52. The molecule has 2 rings (SSSR count). The first-order chi connectivity index (χ1) is 5.68. The summed E-state index contributed by atoms with van der Waals surface area (Å²) in [6, 6.07) is 3.81. The van der Waals surface area contributed by atoms with E-state index in [1.807, 2.05) is 19.1 Å². The largest absolute Gasteiger partial charge is 0.491 e. The van der Waals surface area contributed by atoms with Crippen LogP contribution in [0.2, 0.25) is 5.02 Å².